The first kappa shape index (κ1) is 17.8. The summed E-state index contributed by atoms with van der Waals surface area (Å²) in [5.74, 6) is 0.0715. The number of nitriles is 1. The minimum absolute atomic E-state index is 0.163. The molecule has 0 atom stereocenters. The zero-order valence-electron chi connectivity index (χ0n) is 13.7. The molecule has 0 aliphatic carbocycles. The van der Waals surface area contributed by atoms with Gasteiger partial charge < -0.3 is 14.5 Å². The van der Waals surface area contributed by atoms with E-state index in [4.69, 9.17) is 17.0 Å². The SMILES string of the molecule is COC(=O)COc1ccc(-c2cc(-c3nccs3)[nH]c(=S)c2C#N)cc1. The first-order chi connectivity index (χ1) is 12.6. The molecule has 0 fully saturated rings. The molecule has 2 heterocycles. The van der Waals surface area contributed by atoms with Crippen molar-refractivity contribution in [2.45, 2.75) is 0 Å². The molecule has 0 aliphatic heterocycles. The summed E-state index contributed by atoms with van der Waals surface area (Å²) in [6.07, 6.45) is 1.71. The van der Waals surface area contributed by atoms with Gasteiger partial charge in [0.2, 0.25) is 0 Å². The first-order valence-electron chi connectivity index (χ1n) is 7.49. The third-order valence-corrected chi connectivity index (χ3v) is 4.67. The zero-order valence-corrected chi connectivity index (χ0v) is 15.3. The molecule has 26 heavy (non-hydrogen) atoms. The zero-order chi connectivity index (χ0) is 18.5. The van der Waals surface area contributed by atoms with Crippen molar-refractivity contribution < 1.29 is 14.3 Å². The average Bonchev–Trinajstić information content (AvgIpc) is 3.20. The van der Waals surface area contributed by atoms with Crippen molar-refractivity contribution in [3.8, 4) is 33.6 Å². The van der Waals surface area contributed by atoms with E-state index in [1.807, 2.05) is 23.6 Å². The highest BCUT2D eigenvalue weighted by molar-refractivity contribution is 7.71. The van der Waals surface area contributed by atoms with Crippen LogP contribution in [0, 0.1) is 16.0 Å². The molecule has 0 bridgehead atoms. The molecule has 130 valence electrons. The molecule has 0 saturated carbocycles. The molecule has 0 saturated heterocycles. The summed E-state index contributed by atoms with van der Waals surface area (Å²) < 4.78 is 10.2. The quantitative estimate of drug-likeness (QED) is 0.530. The Morgan fingerprint density at radius 1 is 1.38 bits per heavy atom. The van der Waals surface area contributed by atoms with Crippen molar-refractivity contribution in [3.63, 3.8) is 0 Å². The number of thiazole rings is 1. The topological polar surface area (TPSA) is 88.0 Å². The van der Waals surface area contributed by atoms with E-state index in [0.29, 0.717) is 21.5 Å². The molecule has 3 aromatic rings. The Bertz CT molecular complexity index is 1020. The molecule has 1 N–H and O–H groups in total. The van der Waals surface area contributed by atoms with Crippen LogP contribution in [0.25, 0.3) is 21.8 Å². The molecular weight excluding hydrogens is 370 g/mol. The van der Waals surface area contributed by atoms with E-state index >= 15 is 0 Å². The lowest BCUT2D eigenvalue weighted by Crippen LogP contribution is -2.12. The molecule has 0 unspecified atom stereocenters. The molecule has 0 radical (unpaired) electrons. The predicted octanol–water partition coefficient (Wildman–Crippen LogP) is 3.96. The van der Waals surface area contributed by atoms with Crippen molar-refractivity contribution in [2.75, 3.05) is 13.7 Å². The highest BCUT2D eigenvalue weighted by Gasteiger charge is 2.12. The van der Waals surface area contributed by atoms with Gasteiger partial charge in [-0.3, -0.25) is 0 Å². The van der Waals surface area contributed by atoms with Crippen molar-refractivity contribution in [1.29, 1.82) is 5.26 Å². The summed E-state index contributed by atoms with van der Waals surface area (Å²) in [7, 11) is 1.30. The number of pyridine rings is 1. The number of H-pyrrole nitrogens is 1. The minimum Gasteiger partial charge on any atom is -0.482 e. The number of benzene rings is 1. The highest BCUT2D eigenvalue weighted by atomic mass is 32.1. The molecular formula is C18H13N3O3S2. The van der Waals surface area contributed by atoms with Crippen LogP contribution in [0.15, 0.2) is 41.9 Å². The Hall–Kier alpha value is -3.02. The maximum Gasteiger partial charge on any atom is 0.343 e. The summed E-state index contributed by atoms with van der Waals surface area (Å²) in [5.41, 5.74) is 2.67. The van der Waals surface area contributed by atoms with E-state index in [-0.39, 0.29) is 6.61 Å². The Morgan fingerprint density at radius 2 is 2.15 bits per heavy atom. The second kappa shape index (κ2) is 7.91. The third-order valence-electron chi connectivity index (χ3n) is 3.56. The van der Waals surface area contributed by atoms with Crippen LogP contribution in [-0.2, 0) is 9.53 Å². The van der Waals surface area contributed by atoms with Gasteiger partial charge in [0.1, 0.15) is 21.5 Å². The van der Waals surface area contributed by atoms with Crippen molar-refractivity contribution in [1.82, 2.24) is 9.97 Å². The second-order valence-corrected chi connectivity index (χ2v) is 6.44. The molecule has 6 nitrogen and oxygen atoms in total. The Kier molecular flexibility index (Phi) is 5.41. The van der Waals surface area contributed by atoms with Crippen LogP contribution in [0.2, 0.25) is 0 Å². The Morgan fingerprint density at radius 3 is 2.77 bits per heavy atom. The van der Waals surface area contributed by atoms with E-state index < -0.39 is 5.97 Å². The number of rotatable bonds is 5. The lowest BCUT2D eigenvalue weighted by atomic mass is 10.0. The maximum atomic E-state index is 11.1. The van der Waals surface area contributed by atoms with Crippen LogP contribution in [0.5, 0.6) is 5.75 Å². The van der Waals surface area contributed by atoms with Gasteiger partial charge >= 0.3 is 5.97 Å². The molecule has 0 amide bonds. The van der Waals surface area contributed by atoms with Gasteiger partial charge in [0.05, 0.1) is 18.4 Å². The summed E-state index contributed by atoms with van der Waals surface area (Å²) in [5, 5.41) is 12.1. The van der Waals surface area contributed by atoms with Gasteiger partial charge in [-0.1, -0.05) is 24.4 Å². The molecule has 0 spiro atoms. The maximum absolute atomic E-state index is 11.1. The fraction of sp³-hybridized carbons (Fsp3) is 0.111. The standard InChI is InChI=1S/C18H13N3O3S2/c1-23-16(22)10-24-12-4-2-11(3-5-12)13-8-15(18-20-6-7-26-18)21-17(25)14(13)9-19/h2-8H,10H2,1H3,(H,21,25). The molecule has 2 aromatic heterocycles. The van der Waals surface area contributed by atoms with Crippen LogP contribution in [-0.4, -0.2) is 29.7 Å². The first-order valence-corrected chi connectivity index (χ1v) is 8.78. The van der Waals surface area contributed by atoms with E-state index in [1.165, 1.54) is 18.4 Å². The summed E-state index contributed by atoms with van der Waals surface area (Å²) in [6.45, 7) is -0.163. The second-order valence-electron chi connectivity index (χ2n) is 5.14. The van der Waals surface area contributed by atoms with Gasteiger partial charge in [-0.05, 0) is 23.8 Å². The Labute approximate surface area is 158 Å². The van der Waals surface area contributed by atoms with Gasteiger partial charge in [0.15, 0.2) is 6.61 Å². The van der Waals surface area contributed by atoms with Crippen LogP contribution < -0.4 is 4.74 Å². The van der Waals surface area contributed by atoms with Crippen LogP contribution >= 0.6 is 23.6 Å². The fourth-order valence-corrected chi connectivity index (χ4v) is 3.18. The minimum atomic E-state index is -0.455. The van der Waals surface area contributed by atoms with Crippen molar-refractivity contribution >= 4 is 29.5 Å². The summed E-state index contributed by atoms with van der Waals surface area (Å²) in [6, 6.07) is 11.1. The van der Waals surface area contributed by atoms with Crippen LogP contribution in [0.4, 0.5) is 0 Å². The van der Waals surface area contributed by atoms with Crippen LogP contribution in [0.3, 0.4) is 0 Å². The summed E-state index contributed by atoms with van der Waals surface area (Å²) in [4.78, 5) is 18.5. The van der Waals surface area contributed by atoms with E-state index in [1.54, 1.807) is 18.3 Å². The fourth-order valence-electron chi connectivity index (χ4n) is 2.30. The van der Waals surface area contributed by atoms with E-state index in [9.17, 15) is 10.1 Å². The molecule has 8 heteroatoms. The number of aromatic amines is 1. The number of hydrogen-bond acceptors (Lipinski definition) is 7. The van der Waals surface area contributed by atoms with Crippen molar-refractivity contribution in [3.05, 3.63) is 52.1 Å². The largest absolute Gasteiger partial charge is 0.482 e. The number of nitrogens with one attached hydrogen (secondary N) is 1. The monoisotopic (exact) mass is 383 g/mol. The van der Waals surface area contributed by atoms with Gasteiger partial charge in [0, 0.05) is 17.1 Å². The van der Waals surface area contributed by atoms with Gasteiger partial charge in [0.25, 0.3) is 0 Å². The van der Waals surface area contributed by atoms with Gasteiger partial charge in [-0.25, -0.2) is 9.78 Å². The van der Waals surface area contributed by atoms with Crippen molar-refractivity contribution in [2.24, 2.45) is 0 Å². The van der Waals surface area contributed by atoms with Crippen LogP contribution in [0.1, 0.15) is 5.56 Å². The number of carbonyl (C=O) groups is 1. The summed E-state index contributed by atoms with van der Waals surface area (Å²) >= 11 is 6.81. The molecule has 0 aliphatic rings. The number of hydrogen-bond donors (Lipinski definition) is 1. The normalized spacial score (nSPS) is 10.2. The Balaban J connectivity index is 1.96. The smallest absolute Gasteiger partial charge is 0.343 e. The number of esters is 1. The molecule has 1 aromatic carbocycles. The number of ether oxygens (including phenoxy) is 2. The number of aromatic nitrogens is 2. The lowest BCUT2D eigenvalue weighted by Gasteiger charge is -2.09. The predicted molar refractivity (Wildman–Crippen MR) is 100 cm³/mol. The van der Waals surface area contributed by atoms with E-state index in [2.05, 4.69) is 20.8 Å². The lowest BCUT2D eigenvalue weighted by molar-refractivity contribution is -0.142. The highest BCUT2D eigenvalue weighted by Crippen LogP contribution is 2.30. The third kappa shape index (κ3) is 3.79. The number of nitrogens with zero attached hydrogens (tertiary/aromatic N) is 2. The number of carbonyl (C=O) groups excluding carboxylic acids is 1. The van der Waals surface area contributed by atoms with Gasteiger partial charge in [-0.15, -0.1) is 11.3 Å². The number of methoxy groups -OCH3 is 1. The average molecular weight is 383 g/mol. The van der Waals surface area contributed by atoms with E-state index in [0.717, 1.165) is 16.3 Å². The van der Waals surface area contributed by atoms with Gasteiger partial charge in [-0.2, -0.15) is 5.26 Å². The molecule has 3 rings (SSSR count).